The molecule has 0 radical (unpaired) electrons. The van der Waals surface area contributed by atoms with E-state index in [4.69, 9.17) is 18.9 Å². The Bertz CT molecular complexity index is 1540. The van der Waals surface area contributed by atoms with E-state index in [2.05, 4.69) is 43.5 Å². The van der Waals surface area contributed by atoms with Gasteiger partial charge < -0.3 is 18.9 Å². The molecule has 0 aliphatic carbocycles. The summed E-state index contributed by atoms with van der Waals surface area (Å²) in [6.45, 7) is 26.2. The Morgan fingerprint density at radius 1 is 0.705 bits per heavy atom. The number of hydrogen-bond donors (Lipinski definition) is 0. The summed E-state index contributed by atoms with van der Waals surface area (Å²) in [4.78, 5) is 24.2. The Morgan fingerprint density at radius 3 is 1.91 bits per heavy atom. The van der Waals surface area contributed by atoms with Gasteiger partial charge in [0.2, 0.25) is 0 Å². The summed E-state index contributed by atoms with van der Waals surface area (Å²) in [5.41, 5.74) is 0.807. The SMILES string of the molecule is C=C(C)C(=O)OC(C)(C)CC(C)(C)Oc1cccc(-c2ccc3cc(OC(C)C(C)C(C)(C)OC(=O)C(=C)C)ccc3c2)c1. The minimum Gasteiger partial charge on any atom is -0.490 e. The molecule has 3 aromatic rings. The highest BCUT2D eigenvalue weighted by Crippen LogP contribution is 2.34. The highest BCUT2D eigenvalue weighted by molar-refractivity contribution is 5.89. The molecular weight excluding hydrogens is 552 g/mol. The molecule has 6 nitrogen and oxygen atoms in total. The van der Waals surface area contributed by atoms with Crippen LogP contribution in [0.25, 0.3) is 21.9 Å². The Labute approximate surface area is 263 Å². The van der Waals surface area contributed by atoms with Crippen molar-refractivity contribution in [2.24, 2.45) is 5.92 Å². The van der Waals surface area contributed by atoms with Crippen LogP contribution >= 0.6 is 0 Å². The van der Waals surface area contributed by atoms with E-state index in [-0.39, 0.29) is 12.0 Å². The molecule has 236 valence electrons. The molecule has 0 saturated carbocycles. The Kier molecular flexibility index (Phi) is 10.4. The van der Waals surface area contributed by atoms with Crippen LogP contribution in [0.1, 0.15) is 75.7 Å². The zero-order valence-electron chi connectivity index (χ0n) is 28.0. The van der Waals surface area contributed by atoms with Crippen molar-refractivity contribution >= 4 is 22.7 Å². The lowest BCUT2D eigenvalue weighted by molar-refractivity contribution is -0.159. The van der Waals surface area contributed by atoms with E-state index in [0.29, 0.717) is 17.6 Å². The molecule has 0 aliphatic rings. The first-order valence-corrected chi connectivity index (χ1v) is 15.1. The number of hydrogen-bond acceptors (Lipinski definition) is 6. The Hall–Kier alpha value is -4.06. The van der Waals surface area contributed by atoms with E-state index in [9.17, 15) is 9.59 Å². The van der Waals surface area contributed by atoms with Gasteiger partial charge in [-0.15, -0.1) is 0 Å². The molecule has 0 bridgehead atoms. The third kappa shape index (κ3) is 9.22. The zero-order chi connectivity index (χ0) is 33.0. The average molecular weight is 601 g/mol. The van der Waals surface area contributed by atoms with Gasteiger partial charge >= 0.3 is 11.9 Å². The first-order chi connectivity index (χ1) is 20.3. The lowest BCUT2D eigenvalue weighted by Gasteiger charge is -2.35. The highest BCUT2D eigenvalue weighted by atomic mass is 16.6. The van der Waals surface area contributed by atoms with Crippen molar-refractivity contribution in [3.05, 3.63) is 85.0 Å². The van der Waals surface area contributed by atoms with E-state index in [1.807, 2.05) is 85.7 Å². The van der Waals surface area contributed by atoms with Gasteiger partial charge in [-0.3, -0.25) is 0 Å². The highest BCUT2D eigenvalue weighted by Gasteiger charge is 2.35. The zero-order valence-corrected chi connectivity index (χ0v) is 28.0. The summed E-state index contributed by atoms with van der Waals surface area (Å²) in [6, 6.07) is 20.4. The van der Waals surface area contributed by atoms with Crippen molar-refractivity contribution in [1.82, 2.24) is 0 Å². The van der Waals surface area contributed by atoms with Crippen molar-refractivity contribution < 1.29 is 28.5 Å². The van der Waals surface area contributed by atoms with Crippen LogP contribution in [-0.2, 0) is 19.1 Å². The summed E-state index contributed by atoms with van der Waals surface area (Å²) in [5, 5.41) is 2.14. The minimum absolute atomic E-state index is 0.0687. The fourth-order valence-electron chi connectivity index (χ4n) is 5.27. The van der Waals surface area contributed by atoms with E-state index in [1.165, 1.54) is 0 Å². The van der Waals surface area contributed by atoms with Gasteiger partial charge in [0, 0.05) is 23.5 Å². The predicted octanol–water partition coefficient (Wildman–Crippen LogP) is 9.25. The number of rotatable bonds is 13. The Morgan fingerprint density at radius 2 is 1.27 bits per heavy atom. The second-order valence-corrected chi connectivity index (χ2v) is 13.6. The number of benzene rings is 3. The van der Waals surface area contributed by atoms with Gasteiger partial charge in [0.05, 0.1) is 0 Å². The molecule has 2 atom stereocenters. The van der Waals surface area contributed by atoms with Crippen molar-refractivity contribution in [1.29, 1.82) is 0 Å². The van der Waals surface area contributed by atoms with Gasteiger partial charge in [0.25, 0.3) is 0 Å². The van der Waals surface area contributed by atoms with Crippen molar-refractivity contribution in [2.45, 2.75) is 98.6 Å². The van der Waals surface area contributed by atoms with E-state index < -0.39 is 28.7 Å². The molecule has 0 saturated heterocycles. The summed E-state index contributed by atoms with van der Waals surface area (Å²) in [6.07, 6.45) is 0.299. The third-order valence-electron chi connectivity index (χ3n) is 7.77. The normalized spacial score (nSPS) is 13.5. The lowest BCUT2D eigenvalue weighted by Crippen LogP contribution is -2.42. The standard InChI is InChI=1S/C38H48O6/c1-24(2)34(39)43-37(9,10)23-36(7,8)42-33-15-13-14-28(22-33)29-16-17-31-21-32(19-18-30(31)20-29)41-27(6)26(5)38(11,12)44-35(40)25(3)4/h13-22,26-27H,1,3,23H2,2,4-12H3. The Balaban J connectivity index is 1.73. The largest absolute Gasteiger partial charge is 0.490 e. The van der Waals surface area contributed by atoms with Crippen LogP contribution in [0.15, 0.2) is 85.0 Å². The van der Waals surface area contributed by atoms with Gasteiger partial charge in [-0.05, 0) is 115 Å². The van der Waals surface area contributed by atoms with Crippen molar-refractivity contribution in [2.75, 3.05) is 0 Å². The average Bonchev–Trinajstić information content (AvgIpc) is 2.90. The topological polar surface area (TPSA) is 71.1 Å². The van der Waals surface area contributed by atoms with Crippen molar-refractivity contribution in [3.8, 4) is 22.6 Å². The molecule has 0 aromatic heterocycles. The van der Waals surface area contributed by atoms with Crippen molar-refractivity contribution in [3.63, 3.8) is 0 Å². The van der Waals surface area contributed by atoms with Gasteiger partial charge in [-0.25, -0.2) is 9.59 Å². The first-order valence-electron chi connectivity index (χ1n) is 15.1. The van der Waals surface area contributed by atoms with Crippen LogP contribution in [0.2, 0.25) is 0 Å². The summed E-state index contributed by atoms with van der Waals surface area (Å²) in [7, 11) is 0. The van der Waals surface area contributed by atoms with Crippen LogP contribution < -0.4 is 9.47 Å². The molecule has 6 heteroatoms. The molecule has 3 rings (SSSR count). The van der Waals surface area contributed by atoms with E-state index in [1.54, 1.807) is 13.8 Å². The van der Waals surface area contributed by atoms with E-state index >= 15 is 0 Å². The van der Waals surface area contributed by atoms with Gasteiger partial charge in [-0.1, -0.05) is 50.4 Å². The number of ether oxygens (including phenoxy) is 4. The summed E-state index contributed by atoms with van der Waals surface area (Å²) in [5.74, 6) is 0.611. The minimum atomic E-state index is -0.721. The van der Waals surface area contributed by atoms with Gasteiger partial charge in [0.1, 0.15) is 34.4 Å². The summed E-state index contributed by atoms with van der Waals surface area (Å²) >= 11 is 0. The fourth-order valence-corrected chi connectivity index (χ4v) is 5.27. The van der Waals surface area contributed by atoms with Crippen LogP contribution in [-0.4, -0.2) is 34.8 Å². The van der Waals surface area contributed by atoms with Crippen LogP contribution in [0, 0.1) is 5.92 Å². The molecule has 3 aromatic carbocycles. The maximum absolute atomic E-state index is 12.1. The predicted molar refractivity (Wildman–Crippen MR) is 178 cm³/mol. The molecule has 2 unspecified atom stereocenters. The quantitative estimate of drug-likeness (QED) is 0.144. The molecule has 0 aliphatic heterocycles. The molecule has 0 N–H and O–H groups in total. The van der Waals surface area contributed by atoms with Crippen LogP contribution in [0.3, 0.4) is 0 Å². The maximum Gasteiger partial charge on any atom is 0.333 e. The maximum atomic E-state index is 12.1. The number of fused-ring (bicyclic) bond motifs is 1. The smallest absolute Gasteiger partial charge is 0.333 e. The van der Waals surface area contributed by atoms with Gasteiger partial charge in [-0.2, -0.15) is 0 Å². The monoisotopic (exact) mass is 600 g/mol. The summed E-state index contributed by atoms with van der Waals surface area (Å²) < 4.78 is 24.0. The molecular formula is C38H48O6. The molecule has 0 fully saturated rings. The molecule has 44 heavy (non-hydrogen) atoms. The van der Waals surface area contributed by atoms with Crippen LogP contribution in [0.5, 0.6) is 11.5 Å². The first kappa shape index (κ1) is 34.4. The number of carbonyl (C=O) groups is 2. The number of carbonyl (C=O) groups excluding carboxylic acids is 2. The van der Waals surface area contributed by atoms with Gasteiger partial charge in [0.15, 0.2) is 0 Å². The lowest BCUT2D eigenvalue weighted by atomic mass is 9.88. The molecule has 0 amide bonds. The number of esters is 2. The fraction of sp³-hybridized carbons (Fsp3) is 0.421. The van der Waals surface area contributed by atoms with E-state index in [0.717, 1.165) is 33.4 Å². The molecule has 0 heterocycles. The molecule has 0 spiro atoms. The second kappa shape index (κ2) is 13.3. The second-order valence-electron chi connectivity index (χ2n) is 13.6. The van der Waals surface area contributed by atoms with Crippen LogP contribution in [0.4, 0.5) is 0 Å². The third-order valence-corrected chi connectivity index (χ3v) is 7.77.